The summed E-state index contributed by atoms with van der Waals surface area (Å²) in [5.74, 6) is 0.0289. The molecule has 0 aliphatic carbocycles. The molecule has 0 unspecified atom stereocenters. The van der Waals surface area contributed by atoms with Gasteiger partial charge in [0.15, 0.2) is 0 Å². The maximum Gasteiger partial charge on any atom is 0.222 e. The zero-order valence-corrected chi connectivity index (χ0v) is 13.6. The highest BCUT2D eigenvalue weighted by Gasteiger charge is 2.20. The monoisotopic (exact) mass is 341 g/mol. The molecule has 0 aromatic carbocycles. The molecule has 6 heteroatoms. The van der Waals surface area contributed by atoms with Crippen molar-refractivity contribution in [3.8, 4) is 0 Å². The second kappa shape index (κ2) is 5.98. The molecule has 0 saturated carbocycles. The number of rotatable bonds is 5. The highest BCUT2D eigenvalue weighted by molar-refractivity contribution is 9.10. The van der Waals surface area contributed by atoms with Crippen LogP contribution >= 0.6 is 27.3 Å². The van der Waals surface area contributed by atoms with Crippen molar-refractivity contribution >= 4 is 33.0 Å². The van der Waals surface area contributed by atoms with E-state index in [4.69, 9.17) is 0 Å². The highest BCUT2D eigenvalue weighted by Crippen LogP contribution is 2.24. The van der Waals surface area contributed by atoms with Gasteiger partial charge in [0.05, 0.1) is 22.1 Å². The lowest BCUT2D eigenvalue weighted by molar-refractivity contribution is 0.103. The molecule has 4 nitrogen and oxygen atoms in total. The zero-order valence-electron chi connectivity index (χ0n) is 11.2. The molecule has 0 radical (unpaired) electrons. The van der Waals surface area contributed by atoms with E-state index in [1.165, 1.54) is 11.3 Å². The van der Waals surface area contributed by atoms with E-state index in [0.29, 0.717) is 12.2 Å². The van der Waals surface area contributed by atoms with Gasteiger partial charge in [-0.05, 0) is 49.1 Å². The Hall–Kier alpha value is -0.980. The largest absolute Gasteiger partial charge is 0.308 e. The van der Waals surface area contributed by atoms with Crippen molar-refractivity contribution in [2.45, 2.75) is 13.5 Å². The predicted molar refractivity (Wildman–Crippen MR) is 81.0 cm³/mol. The van der Waals surface area contributed by atoms with Crippen LogP contribution in [0.1, 0.15) is 20.2 Å². The van der Waals surface area contributed by atoms with Crippen LogP contribution in [0.4, 0.5) is 0 Å². The molecule has 2 aromatic rings. The van der Waals surface area contributed by atoms with Crippen molar-refractivity contribution in [2.24, 2.45) is 0 Å². The molecule has 0 N–H and O–H groups in total. The summed E-state index contributed by atoms with van der Waals surface area (Å²) in [6.45, 7) is 3.54. The molecular formula is C13H16BrN3OS. The van der Waals surface area contributed by atoms with Gasteiger partial charge >= 0.3 is 0 Å². The first-order chi connectivity index (χ1) is 8.99. The zero-order chi connectivity index (χ0) is 14.0. The number of thiophene rings is 1. The number of likely N-dealkylation sites (N-methyl/N-ethyl adjacent to an activating group) is 1. The van der Waals surface area contributed by atoms with Crippen LogP contribution in [-0.2, 0) is 6.54 Å². The Bertz CT molecular complexity index is 588. The van der Waals surface area contributed by atoms with Crippen LogP contribution in [0.25, 0.3) is 0 Å². The molecule has 0 aliphatic heterocycles. The van der Waals surface area contributed by atoms with Gasteiger partial charge < -0.3 is 4.90 Å². The summed E-state index contributed by atoms with van der Waals surface area (Å²) >= 11 is 4.93. The summed E-state index contributed by atoms with van der Waals surface area (Å²) in [7, 11) is 4.01. The van der Waals surface area contributed by atoms with Crippen molar-refractivity contribution in [1.82, 2.24) is 14.7 Å². The van der Waals surface area contributed by atoms with Crippen LogP contribution in [0.5, 0.6) is 0 Å². The Balaban J connectivity index is 2.28. The molecular weight excluding hydrogens is 326 g/mol. The number of halogens is 1. The summed E-state index contributed by atoms with van der Waals surface area (Å²) < 4.78 is 2.52. The standard InChI is InChI=1S/C13H16BrN3OS/c1-9-4-5-11(19-9)13(18)12-10(14)8-15-17(12)7-6-16(2)3/h4-5,8H,6-7H2,1-3H3. The summed E-state index contributed by atoms with van der Waals surface area (Å²) in [5.41, 5.74) is 0.628. The second-order valence-electron chi connectivity index (χ2n) is 4.61. The first-order valence-electron chi connectivity index (χ1n) is 5.96. The minimum atomic E-state index is 0.0289. The smallest absolute Gasteiger partial charge is 0.222 e. The number of nitrogens with zero attached hydrogens (tertiary/aromatic N) is 3. The SMILES string of the molecule is Cc1ccc(C(=O)c2c(Br)cnn2CCN(C)C)s1. The minimum Gasteiger partial charge on any atom is -0.308 e. The third kappa shape index (κ3) is 3.32. The highest BCUT2D eigenvalue weighted by atomic mass is 79.9. The summed E-state index contributed by atoms with van der Waals surface area (Å²) in [5, 5.41) is 4.27. The van der Waals surface area contributed by atoms with Crippen LogP contribution in [0.2, 0.25) is 0 Å². The Labute approximate surface area is 125 Å². The van der Waals surface area contributed by atoms with Gasteiger partial charge in [-0.15, -0.1) is 11.3 Å². The van der Waals surface area contributed by atoms with Crippen molar-refractivity contribution in [2.75, 3.05) is 20.6 Å². The molecule has 0 fully saturated rings. The van der Waals surface area contributed by atoms with Gasteiger partial charge in [0.1, 0.15) is 5.69 Å². The summed E-state index contributed by atoms with van der Waals surface area (Å²) in [6.07, 6.45) is 1.68. The third-order valence-electron chi connectivity index (χ3n) is 2.73. The van der Waals surface area contributed by atoms with Crippen LogP contribution in [0, 0.1) is 6.92 Å². The lowest BCUT2D eigenvalue weighted by atomic mass is 10.2. The number of hydrogen-bond acceptors (Lipinski definition) is 4. The van der Waals surface area contributed by atoms with Crippen molar-refractivity contribution in [3.63, 3.8) is 0 Å². The van der Waals surface area contributed by atoms with E-state index >= 15 is 0 Å². The quantitative estimate of drug-likeness (QED) is 0.785. The molecule has 19 heavy (non-hydrogen) atoms. The van der Waals surface area contributed by atoms with Crippen molar-refractivity contribution in [1.29, 1.82) is 0 Å². The molecule has 0 aliphatic rings. The molecule has 0 atom stereocenters. The van der Waals surface area contributed by atoms with Crippen LogP contribution in [0.3, 0.4) is 0 Å². The lowest BCUT2D eigenvalue weighted by Crippen LogP contribution is -2.21. The van der Waals surface area contributed by atoms with Gasteiger partial charge in [-0.25, -0.2) is 0 Å². The molecule has 2 rings (SSSR count). The van der Waals surface area contributed by atoms with Gasteiger partial charge in [-0.2, -0.15) is 5.10 Å². The Kier molecular flexibility index (Phi) is 4.54. The number of carbonyl (C=O) groups excluding carboxylic acids is 1. The maximum atomic E-state index is 12.5. The molecule has 0 amide bonds. The number of ketones is 1. The minimum absolute atomic E-state index is 0.0289. The fourth-order valence-corrected chi connectivity index (χ4v) is 3.01. The molecule has 0 bridgehead atoms. The van der Waals surface area contributed by atoms with E-state index in [1.807, 2.05) is 33.2 Å². The fraction of sp³-hybridized carbons (Fsp3) is 0.385. The number of aromatic nitrogens is 2. The Morgan fingerprint density at radius 3 is 2.79 bits per heavy atom. The van der Waals surface area contributed by atoms with E-state index in [-0.39, 0.29) is 5.78 Å². The molecule has 0 saturated heterocycles. The van der Waals surface area contributed by atoms with Crippen molar-refractivity contribution in [3.05, 3.63) is 38.3 Å². The third-order valence-corrected chi connectivity index (χ3v) is 4.31. The van der Waals surface area contributed by atoms with Crippen LogP contribution < -0.4 is 0 Å². The van der Waals surface area contributed by atoms with Crippen molar-refractivity contribution < 1.29 is 4.79 Å². The van der Waals surface area contributed by atoms with E-state index in [9.17, 15) is 4.79 Å². The molecule has 0 spiro atoms. The predicted octanol–water partition coefficient (Wildman–Crippen LogP) is 2.81. The summed E-state index contributed by atoms with van der Waals surface area (Å²) in [6, 6.07) is 3.84. The van der Waals surface area contributed by atoms with Crippen LogP contribution in [-0.4, -0.2) is 41.1 Å². The van der Waals surface area contributed by atoms with Crippen LogP contribution in [0.15, 0.2) is 22.8 Å². The Morgan fingerprint density at radius 2 is 2.21 bits per heavy atom. The van der Waals surface area contributed by atoms with Gasteiger partial charge in [-0.1, -0.05) is 0 Å². The van der Waals surface area contributed by atoms with Gasteiger partial charge in [0.25, 0.3) is 0 Å². The number of carbonyl (C=O) groups is 1. The van der Waals surface area contributed by atoms with Gasteiger partial charge in [-0.3, -0.25) is 9.48 Å². The maximum absolute atomic E-state index is 12.5. The average Bonchev–Trinajstić information content (AvgIpc) is 2.92. The molecule has 2 heterocycles. The van der Waals surface area contributed by atoms with E-state index < -0.39 is 0 Å². The second-order valence-corrected chi connectivity index (χ2v) is 6.75. The number of aryl methyl sites for hydroxylation is 1. The topological polar surface area (TPSA) is 38.1 Å². The average molecular weight is 342 g/mol. The molecule has 2 aromatic heterocycles. The first-order valence-corrected chi connectivity index (χ1v) is 7.57. The molecule has 102 valence electrons. The first kappa shape index (κ1) is 14.4. The van der Waals surface area contributed by atoms with Gasteiger partial charge in [0.2, 0.25) is 5.78 Å². The van der Waals surface area contributed by atoms with E-state index in [0.717, 1.165) is 20.8 Å². The van der Waals surface area contributed by atoms with Gasteiger partial charge in [0, 0.05) is 11.4 Å². The fourth-order valence-electron chi connectivity index (χ4n) is 1.73. The normalized spacial score (nSPS) is 11.2. The van der Waals surface area contributed by atoms with E-state index in [2.05, 4.69) is 25.9 Å². The Morgan fingerprint density at radius 1 is 1.47 bits per heavy atom. The summed E-state index contributed by atoms with van der Waals surface area (Å²) in [4.78, 5) is 16.5. The lowest BCUT2D eigenvalue weighted by Gasteiger charge is -2.11. The van der Waals surface area contributed by atoms with E-state index in [1.54, 1.807) is 10.9 Å². The number of hydrogen-bond donors (Lipinski definition) is 0.